The summed E-state index contributed by atoms with van der Waals surface area (Å²) in [6.45, 7) is 7.02. The van der Waals surface area contributed by atoms with Crippen LogP contribution in [0.3, 0.4) is 0 Å². The first-order valence-corrected chi connectivity index (χ1v) is 12.2. The number of nitrogens with zero attached hydrogens (tertiary/aromatic N) is 2. The molecule has 4 rings (SSSR count). The summed E-state index contributed by atoms with van der Waals surface area (Å²) >= 11 is 0. The zero-order valence-electron chi connectivity index (χ0n) is 21.3. The number of para-hydroxylation sites is 2. The van der Waals surface area contributed by atoms with Crippen LogP contribution in [0.15, 0.2) is 60.7 Å². The van der Waals surface area contributed by atoms with Gasteiger partial charge in [0.05, 0.1) is 25.7 Å². The predicted molar refractivity (Wildman–Crippen MR) is 141 cm³/mol. The Labute approximate surface area is 211 Å². The Hall–Kier alpha value is -3.84. The molecule has 1 aromatic heterocycles. The lowest BCUT2D eigenvalue weighted by Crippen LogP contribution is -2.09. The van der Waals surface area contributed by atoms with Crippen molar-refractivity contribution in [1.29, 1.82) is 0 Å². The molecule has 7 nitrogen and oxygen atoms in total. The molecule has 4 aromatic rings. The van der Waals surface area contributed by atoms with Crippen molar-refractivity contribution < 1.29 is 19.0 Å². The van der Waals surface area contributed by atoms with Gasteiger partial charge in [-0.1, -0.05) is 42.5 Å². The molecule has 0 amide bonds. The zero-order valence-corrected chi connectivity index (χ0v) is 21.3. The third kappa shape index (κ3) is 5.21. The van der Waals surface area contributed by atoms with Gasteiger partial charge in [-0.15, -0.1) is 0 Å². The number of fused-ring (bicyclic) bond motifs is 1. The van der Waals surface area contributed by atoms with Crippen molar-refractivity contribution in [2.45, 2.75) is 46.4 Å². The van der Waals surface area contributed by atoms with Crippen LogP contribution in [0.4, 0.5) is 0 Å². The third-order valence-corrected chi connectivity index (χ3v) is 6.08. The Bertz CT molecular complexity index is 1360. The van der Waals surface area contributed by atoms with E-state index in [0.717, 1.165) is 44.6 Å². The molecule has 0 spiro atoms. The van der Waals surface area contributed by atoms with Crippen LogP contribution in [0.25, 0.3) is 22.0 Å². The van der Waals surface area contributed by atoms with Gasteiger partial charge in [-0.3, -0.25) is 9.48 Å². The van der Waals surface area contributed by atoms with E-state index in [0.29, 0.717) is 18.9 Å². The molecule has 188 valence electrons. The highest BCUT2D eigenvalue weighted by Crippen LogP contribution is 2.36. The topological polar surface area (TPSA) is 88.6 Å². The summed E-state index contributed by atoms with van der Waals surface area (Å²) in [6, 6.07) is 20.0. The Balaban J connectivity index is 1.71. The van der Waals surface area contributed by atoms with Crippen LogP contribution < -0.4 is 15.2 Å². The summed E-state index contributed by atoms with van der Waals surface area (Å²) in [6.07, 6.45) is 0.159. The van der Waals surface area contributed by atoms with Crippen LogP contribution >= 0.6 is 0 Å². The van der Waals surface area contributed by atoms with Crippen LogP contribution in [0, 0.1) is 0 Å². The minimum atomic E-state index is -0.276. The van der Waals surface area contributed by atoms with E-state index in [1.54, 1.807) is 14.0 Å². The van der Waals surface area contributed by atoms with Gasteiger partial charge < -0.3 is 19.9 Å². The fourth-order valence-corrected chi connectivity index (χ4v) is 4.39. The van der Waals surface area contributed by atoms with Gasteiger partial charge in [0.2, 0.25) is 0 Å². The first-order valence-electron chi connectivity index (χ1n) is 12.2. The summed E-state index contributed by atoms with van der Waals surface area (Å²) < 4.78 is 19.0. The van der Waals surface area contributed by atoms with Crippen LogP contribution in [0.5, 0.6) is 11.5 Å². The van der Waals surface area contributed by atoms with Crippen molar-refractivity contribution in [3.05, 3.63) is 77.5 Å². The van der Waals surface area contributed by atoms with Gasteiger partial charge in [-0.2, -0.15) is 5.10 Å². The van der Waals surface area contributed by atoms with Crippen LogP contribution in [-0.4, -0.2) is 29.5 Å². The highest BCUT2D eigenvalue weighted by atomic mass is 16.5. The van der Waals surface area contributed by atoms with Crippen molar-refractivity contribution in [1.82, 2.24) is 9.78 Å². The zero-order chi connectivity index (χ0) is 25.7. The molecule has 0 bridgehead atoms. The standard InChI is InChI=1S/C29H33N3O4/c1-5-35-28(33)16-21-9-6-7-12-27(21)36-18-25-24-15-20(13-14-26(24)32(31-25)19(2)3)23-11-8-10-22(17-30)29(23)34-4/h6-15,19H,5,16-18,30H2,1-4H3. The molecule has 7 heteroatoms. The molecule has 1 heterocycles. The smallest absolute Gasteiger partial charge is 0.310 e. The molecule has 0 unspecified atom stereocenters. The molecule has 0 radical (unpaired) electrons. The number of ether oxygens (including phenoxy) is 3. The summed E-state index contributed by atoms with van der Waals surface area (Å²) in [4.78, 5) is 12.1. The molecule has 36 heavy (non-hydrogen) atoms. The summed E-state index contributed by atoms with van der Waals surface area (Å²) in [5.41, 5.74) is 11.5. The first-order chi connectivity index (χ1) is 17.5. The fourth-order valence-electron chi connectivity index (χ4n) is 4.39. The van der Waals surface area contributed by atoms with Crippen molar-refractivity contribution in [3.63, 3.8) is 0 Å². The van der Waals surface area contributed by atoms with E-state index < -0.39 is 0 Å². The molecule has 3 aromatic carbocycles. The number of nitrogens with two attached hydrogens (primary N) is 1. The van der Waals surface area contributed by atoms with E-state index in [2.05, 4.69) is 32.0 Å². The highest BCUT2D eigenvalue weighted by Gasteiger charge is 2.17. The number of hydrogen-bond acceptors (Lipinski definition) is 6. The molecule has 0 aliphatic carbocycles. The van der Waals surface area contributed by atoms with E-state index in [1.165, 1.54) is 0 Å². The van der Waals surface area contributed by atoms with Gasteiger partial charge in [0, 0.05) is 34.7 Å². The van der Waals surface area contributed by atoms with Crippen LogP contribution in [0.1, 0.15) is 43.6 Å². The second-order valence-electron chi connectivity index (χ2n) is 8.80. The van der Waals surface area contributed by atoms with Crippen LogP contribution in [0.2, 0.25) is 0 Å². The summed E-state index contributed by atoms with van der Waals surface area (Å²) in [7, 11) is 1.67. The number of aromatic nitrogens is 2. The van der Waals surface area contributed by atoms with E-state index in [-0.39, 0.29) is 25.0 Å². The Morgan fingerprint density at radius 2 is 1.83 bits per heavy atom. The number of rotatable bonds is 10. The lowest BCUT2D eigenvalue weighted by atomic mass is 9.99. The quantitative estimate of drug-likeness (QED) is 0.300. The molecule has 2 N–H and O–H groups in total. The minimum absolute atomic E-state index is 0.159. The van der Waals surface area contributed by atoms with E-state index in [9.17, 15) is 4.79 Å². The monoisotopic (exact) mass is 487 g/mol. The average Bonchev–Trinajstić information content (AvgIpc) is 3.26. The maximum absolute atomic E-state index is 12.1. The van der Waals surface area contributed by atoms with Gasteiger partial charge in [-0.05, 0) is 44.5 Å². The third-order valence-electron chi connectivity index (χ3n) is 6.08. The molecular weight excluding hydrogens is 454 g/mol. The van der Waals surface area contributed by atoms with Gasteiger partial charge in [-0.25, -0.2) is 0 Å². The van der Waals surface area contributed by atoms with Crippen molar-refractivity contribution in [2.75, 3.05) is 13.7 Å². The molecule has 0 aliphatic heterocycles. The van der Waals surface area contributed by atoms with Gasteiger partial charge in [0.25, 0.3) is 0 Å². The number of esters is 1. The molecular formula is C29H33N3O4. The Morgan fingerprint density at radius 3 is 2.56 bits per heavy atom. The molecule has 0 aliphatic rings. The van der Waals surface area contributed by atoms with Gasteiger partial charge in [0.15, 0.2) is 0 Å². The second-order valence-corrected chi connectivity index (χ2v) is 8.80. The van der Waals surface area contributed by atoms with Crippen molar-refractivity contribution in [2.24, 2.45) is 5.73 Å². The largest absolute Gasteiger partial charge is 0.496 e. The fraction of sp³-hybridized carbons (Fsp3) is 0.310. The van der Waals surface area contributed by atoms with Gasteiger partial charge in [0.1, 0.15) is 23.8 Å². The molecule has 0 fully saturated rings. The minimum Gasteiger partial charge on any atom is -0.496 e. The predicted octanol–water partition coefficient (Wildman–Crippen LogP) is 5.44. The van der Waals surface area contributed by atoms with Crippen molar-refractivity contribution >= 4 is 16.9 Å². The highest BCUT2D eigenvalue weighted by molar-refractivity contribution is 5.88. The Kier molecular flexibility index (Phi) is 7.90. The van der Waals surface area contributed by atoms with Crippen molar-refractivity contribution in [3.8, 4) is 22.6 Å². The lowest BCUT2D eigenvalue weighted by molar-refractivity contribution is -0.142. The number of benzene rings is 3. The normalized spacial score (nSPS) is 11.2. The SMILES string of the molecule is CCOC(=O)Cc1ccccc1OCc1nn(C(C)C)c2ccc(-c3cccc(CN)c3OC)cc12. The summed E-state index contributed by atoms with van der Waals surface area (Å²) in [5, 5.41) is 5.89. The first kappa shape index (κ1) is 25.3. The number of hydrogen-bond donors (Lipinski definition) is 1. The summed E-state index contributed by atoms with van der Waals surface area (Å²) in [5.74, 6) is 1.15. The number of carbonyl (C=O) groups excluding carboxylic acids is 1. The number of methoxy groups -OCH3 is 1. The van der Waals surface area contributed by atoms with E-state index in [4.69, 9.17) is 25.0 Å². The molecule has 0 atom stereocenters. The lowest BCUT2D eigenvalue weighted by Gasteiger charge is -2.13. The van der Waals surface area contributed by atoms with E-state index in [1.807, 2.05) is 47.1 Å². The van der Waals surface area contributed by atoms with E-state index >= 15 is 0 Å². The molecule has 0 saturated heterocycles. The van der Waals surface area contributed by atoms with Gasteiger partial charge >= 0.3 is 5.97 Å². The second kappa shape index (κ2) is 11.3. The Morgan fingerprint density at radius 1 is 1.06 bits per heavy atom. The number of carbonyl (C=O) groups is 1. The molecule has 0 saturated carbocycles. The maximum atomic E-state index is 12.1. The average molecular weight is 488 g/mol. The maximum Gasteiger partial charge on any atom is 0.310 e. The van der Waals surface area contributed by atoms with Crippen LogP contribution in [-0.2, 0) is 29.1 Å².